The van der Waals surface area contributed by atoms with Crippen LogP contribution in [0.1, 0.15) is 28.4 Å². The van der Waals surface area contributed by atoms with Gasteiger partial charge in [-0.05, 0) is 47.9 Å². The molecule has 2 rings (SSSR count). The highest BCUT2D eigenvalue weighted by atomic mass is 16.3. The molecule has 0 spiro atoms. The Morgan fingerprint density at radius 1 is 1.05 bits per heavy atom. The molecule has 2 heteroatoms. The van der Waals surface area contributed by atoms with Gasteiger partial charge in [0.15, 0.2) is 5.78 Å². The van der Waals surface area contributed by atoms with E-state index < -0.39 is 0 Å². The van der Waals surface area contributed by atoms with Crippen molar-refractivity contribution < 1.29 is 9.90 Å². The first kappa shape index (κ1) is 13.1. The zero-order valence-corrected chi connectivity index (χ0v) is 10.8. The van der Waals surface area contributed by atoms with Crippen molar-refractivity contribution in [1.82, 2.24) is 0 Å². The van der Waals surface area contributed by atoms with Gasteiger partial charge < -0.3 is 5.11 Å². The van der Waals surface area contributed by atoms with Gasteiger partial charge in [-0.2, -0.15) is 0 Å². The highest BCUT2D eigenvalue weighted by molar-refractivity contribution is 6.06. The van der Waals surface area contributed by atoms with Crippen LogP contribution in [-0.4, -0.2) is 10.9 Å². The minimum atomic E-state index is -0.0698. The molecule has 0 fully saturated rings. The minimum absolute atomic E-state index is 0.0698. The molecule has 2 aromatic rings. The third kappa shape index (κ3) is 3.55. The molecule has 0 amide bonds. The third-order valence-electron chi connectivity index (χ3n) is 2.97. The zero-order chi connectivity index (χ0) is 13.7. The lowest BCUT2D eigenvalue weighted by atomic mass is 10.1. The average molecular weight is 252 g/mol. The maximum Gasteiger partial charge on any atom is 0.185 e. The maximum absolute atomic E-state index is 11.9. The number of aromatic hydroxyl groups is 1. The number of rotatable bonds is 4. The first-order valence-electron chi connectivity index (χ1n) is 6.29. The van der Waals surface area contributed by atoms with Crippen LogP contribution < -0.4 is 0 Å². The van der Waals surface area contributed by atoms with Crippen LogP contribution in [0.15, 0.2) is 54.6 Å². The number of aryl methyl sites for hydroxylation is 1. The molecule has 96 valence electrons. The first-order chi connectivity index (χ1) is 9.19. The number of phenolic OH excluding ortho intramolecular Hbond substituents is 1. The molecular formula is C17H16O2. The number of hydrogen-bond acceptors (Lipinski definition) is 2. The van der Waals surface area contributed by atoms with Crippen molar-refractivity contribution in [2.75, 3.05) is 0 Å². The second-order valence-corrected chi connectivity index (χ2v) is 4.34. The monoisotopic (exact) mass is 252 g/mol. The molecule has 0 unspecified atom stereocenters. The van der Waals surface area contributed by atoms with E-state index in [9.17, 15) is 4.79 Å². The minimum Gasteiger partial charge on any atom is -0.508 e. The average Bonchev–Trinajstić information content (AvgIpc) is 2.46. The fraction of sp³-hybridized carbons (Fsp3) is 0.118. The Bertz CT molecular complexity index is 578. The summed E-state index contributed by atoms with van der Waals surface area (Å²) in [6.45, 7) is 2.11. The van der Waals surface area contributed by atoms with Crippen molar-refractivity contribution in [2.24, 2.45) is 0 Å². The van der Waals surface area contributed by atoms with Crippen molar-refractivity contribution >= 4 is 11.9 Å². The Kier molecular flexibility index (Phi) is 4.14. The third-order valence-corrected chi connectivity index (χ3v) is 2.97. The highest BCUT2D eigenvalue weighted by Crippen LogP contribution is 2.12. The van der Waals surface area contributed by atoms with Crippen LogP contribution in [0.25, 0.3) is 6.08 Å². The molecule has 0 radical (unpaired) electrons. The summed E-state index contributed by atoms with van der Waals surface area (Å²) >= 11 is 0. The Morgan fingerprint density at radius 2 is 1.68 bits per heavy atom. The summed E-state index contributed by atoms with van der Waals surface area (Å²) in [5.41, 5.74) is 2.85. The van der Waals surface area contributed by atoms with Crippen molar-refractivity contribution in [3.63, 3.8) is 0 Å². The van der Waals surface area contributed by atoms with Crippen LogP contribution in [-0.2, 0) is 6.42 Å². The van der Waals surface area contributed by atoms with Crippen LogP contribution >= 0.6 is 0 Å². The molecule has 0 aromatic heterocycles. The number of benzene rings is 2. The SMILES string of the molecule is CCc1ccc(/C=C/C(=O)c2ccc(O)cc2)cc1. The van der Waals surface area contributed by atoms with E-state index in [1.54, 1.807) is 24.3 Å². The zero-order valence-electron chi connectivity index (χ0n) is 10.8. The van der Waals surface area contributed by atoms with E-state index in [0.717, 1.165) is 12.0 Å². The van der Waals surface area contributed by atoms with Crippen LogP contribution in [0.4, 0.5) is 0 Å². The molecule has 1 N–H and O–H groups in total. The summed E-state index contributed by atoms with van der Waals surface area (Å²) in [6, 6.07) is 14.4. The van der Waals surface area contributed by atoms with Gasteiger partial charge in [-0.25, -0.2) is 0 Å². The topological polar surface area (TPSA) is 37.3 Å². The van der Waals surface area contributed by atoms with Gasteiger partial charge in [-0.3, -0.25) is 4.79 Å². The summed E-state index contributed by atoms with van der Waals surface area (Å²) in [6.07, 6.45) is 4.36. The largest absolute Gasteiger partial charge is 0.508 e. The molecular weight excluding hydrogens is 236 g/mol. The van der Waals surface area contributed by atoms with Crippen LogP contribution in [0, 0.1) is 0 Å². The molecule has 0 heterocycles. The maximum atomic E-state index is 11.9. The fourth-order valence-electron chi connectivity index (χ4n) is 1.76. The fourth-order valence-corrected chi connectivity index (χ4v) is 1.76. The normalized spacial score (nSPS) is 10.8. The van der Waals surface area contributed by atoms with Gasteiger partial charge in [0.05, 0.1) is 0 Å². The lowest BCUT2D eigenvalue weighted by Gasteiger charge is -1.98. The molecule has 0 saturated heterocycles. The van der Waals surface area contributed by atoms with Gasteiger partial charge in [0.2, 0.25) is 0 Å². The first-order valence-corrected chi connectivity index (χ1v) is 6.29. The summed E-state index contributed by atoms with van der Waals surface area (Å²) in [7, 11) is 0. The lowest BCUT2D eigenvalue weighted by Crippen LogP contribution is -1.92. The van der Waals surface area contributed by atoms with Crippen LogP contribution in [0.3, 0.4) is 0 Å². The quantitative estimate of drug-likeness (QED) is 0.663. The highest BCUT2D eigenvalue weighted by Gasteiger charge is 2.01. The number of allylic oxidation sites excluding steroid dienone is 1. The summed E-state index contributed by atoms with van der Waals surface area (Å²) < 4.78 is 0. The van der Waals surface area contributed by atoms with E-state index in [-0.39, 0.29) is 11.5 Å². The Balaban J connectivity index is 2.08. The van der Waals surface area contributed by atoms with Crippen molar-refractivity contribution in [3.05, 3.63) is 71.3 Å². The number of carbonyl (C=O) groups excluding carboxylic acids is 1. The van der Waals surface area contributed by atoms with Gasteiger partial charge >= 0.3 is 0 Å². The van der Waals surface area contributed by atoms with Crippen LogP contribution in [0.5, 0.6) is 5.75 Å². The van der Waals surface area contributed by atoms with E-state index in [2.05, 4.69) is 19.1 Å². The van der Waals surface area contributed by atoms with E-state index in [0.29, 0.717) is 5.56 Å². The molecule has 2 nitrogen and oxygen atoms in total. The molecule has 0 bridgehead atoms. The molecule has 0 saturated carbocycles. The van der Waals surface area contributed by atoms with Crippen molar-refractivity contribution in [1.29, 1.82) is 0 Å². The number of ketones is 1. The van der Waals surface area contributed by atoms with Crippen molar-refractivity contribution in [2.45, 2.75) is 13.3 Å². The number of phenols is 1. The molecule has 0 atom stereocenters. The van der Waals surface area contributed by atoms with Gasteiger partial charge in [0.25, 0.3) is 0 Å². The van der Waals surface area contributed by atoms with Gasteiger partial charge in [0, 0.05) is 5.56 Å². The number of hydrogen-bond donors (Lipinski definition) is 1. The molecule has 0 aliphatic rings. The summed E-state index contributed by atoms with van der Waals surface area (Å²) in [5.74, 6) is 0.0928. The standard InChI is InChI=1S/C17H16O2/c1-2-13-3-5-14(6-4-13)7-12-17(19)15-8-10-16(18)11-9-15/h3-12,18H,2H2,1H3/b12-7+. The Hall–Kier alpha value is -2.35. The second-order valence-electron chi connectivity index (χ2n) is 4.34. The number of carbonyl (C=O) groups is 1. The van der Waals surface area contributed by atoms with Crippen molar-refractivity contribution in [3.8, 4) is 5.75 Å². The molecule has 2 aromatic carbocycles. The Labute approximate surface area is 113 Å². The molecule has 19 heavy (non-hydrogen) atoms. The van der Waals surface area contributed by atoms with E-state index >= 15 is 0 Å². The van der Waals surface area contributed by atoms with Gasteiger partial charge in [-0.15, -0.1) is 0 Å². The van der Waals surface area contributed by atoms with E-state index in [4.69, 9.17) is 5.11 Å². The molecule has 0 aliphatic heterocycles. The smallest absolute Gasteiger partial charge is 0.185 e. The van der Waals surface area contributed by atoms with Crippen LogP contribution in [0.2, 0.25) is 0 Å². The van der Waals surface area contributed by atoms with E-state index in [1.807, 2.05) is 12.1 Å². The Morgan fingerprint density at radius 3 is 2.26 bits per heavy atom. The van der Waals surface area contributed by atoms with E-state index in [1.165, 1.54) is 17.7 Å². The summed E-state index contributed by atoms with van der Waals surface area (Å²) in [4.78, 5) is 11.9. The predicted octanol–water partition coefficient (Wildman–Crippen LogP) is 3.85. The second kappa shape index (κ2) is 6.01. The molecule has 0 aliphatic carbocycles. The lowest BCUT2D eigenvalue weighted by molar-refractivity contribution is 0.104. The van der Waals surface area contributed by atoms with Gasteiger partial charge in [-0.1, -0.05) is 37.3 Å². The predicted molar refractivity (Wildman–Crippen MR) is 77.3 cm³/mol. The van der Waals surface area contributed by atoms with Gasteiger partial charge in [0.1, 0.15) is 5.75 Å². The summed E-state index contributed by atoms with van der Waals surface area (Å²) in [5, 5.41) is 9.17.